The summed E-state index contributed by atoms with van der Waals surface area (Å²) in [4.78, 5) is 0. The zero-order valence-electron chi connectivity index (χ0n) is 7.23. The summed E-state index contributed by atoms with van der Waals surface area (Å²) < 4.78 is 27.9. The molecular formula is C8H12O3S2. The van der Waals surface area contributed by atoms with E-state index in [1.54, 1.807) is 0 Å². The monoisotopic (exact) mass is 220 g/mol. The van der Waals surface area contributed by atoms with Crippen LogP contribution in [-0.2, 0) is 14.3 Å². The molecule has 5 heteroatoms. The lowest BCUT2D eigenvalue weighted by Gasteiger charge is -2.28. The smallest absolute Gasteiger partial charge is 0.270 e. The van der Waals surface area contributed by atoms with Crippen molar-refractivity contribution in [2.45, 2.75) is 40.9 Å². The van der Waals surface area contributed by atoms with Crippen molar-refractivity contribution in [1.82, 2.24) is 0 Å². The van der Waals surface area contributed by atoms with E-state index in [9.17, 15) is 8.42 Å². The fourth-order valence-electron chi connectivity index (χ4n) is 2.85. The van der Waals surface area contributed by atoms with E-state index < -0.39 is 14.9 Å². The summed E-state index contributed by atoms with van der Waals surface area (Å²) in [5.74, 6) is 0. The largest absolute Gasteiger partial charge is 0.274 e. The minimum Gasteiger partial charge on any atom is -0.270 e. The maximum atomic E-state index is 11.7. The first kappa shape index (κ1) is 8.56. The molecule has 3 unspecified atom stereocenters. The fourth-order valence-corrected chi connectivity index (χ4v) is 7.06. The quantitative estimate of drug-likeness (QED) is 0.574. The molecular weight excluding hydrogens is 208 g/mol. The summed E-state index contributed by atoms with van der Waals surface area (Å²) in [6, 6.07) is 0. The van der Waals surface area contributed by atoms with Crippen LogP contribution in [0.3, 0.4) is 0 Å². The molecule has 3 nitrogen and oxygen atoms in total. The minimum absolute atomic E-state index is 0.324. The molecule has 0 saturated carbocycles. The van der Waals surface area contributed by atoms with Crippen LogP contribution < -0.4 is 0 Å². The van der Waals surface area contributed by atoms with E-state index in [1.807, 2.05) is 11.8 Å². The second kappa shape index (κ2) is 2.44. The maximum absolute atomic E-state index is 11.7. The van der Waals surface area contributed by atoms with Crippen molar-refractivity contribution in [3.05, 3.63) is 0 Å². The van der Waals surface area contributed by atoms with E-state index in [2.05, 4.69) is 0 Å². The highest BCUT2D eigenvalue weighted by Crippen LogP contribution is 2.58. The first-order valence-corrected chi connectivity index (χ1v) is 7.04. The summed E-state index contributed by atoms with van der Waals surface area (Å²) >= 11 is 1.87. The Labute approximate surface area is 82.3 Å². The van der Waals surface area contributed by atoms with Crippen molar-refractivity contribution in [1.29, 1.82) is 0 Å². The molecule has 3 fully saturated rings. The number of fused-ring (bicyclic) bond motifs is 3. The van der Waals surface area contributed by atoms with Crippen molar-refractivity contribution in [2.24, 2.45) is 0 Å². The van der Waals surface area contributed by atoms with Crippen LogP contribution in [-0.4, -0.2) is 30.3 Å². The highest BCUT2D eigenvalue weighted by molar-refractivity contribution is 8.02. The third-order valence-corrected chi connectivity index (χ3v) is 7.61. The molecule has 3 atom stereocenters. The van der Waals surface area contributed by atoms with Crippen LogP contribution in [0.4, 0.5) is 0 Å². The van der Waals surface area contributed by atoms with Crippen LogP contribution in [0.15, 0.2) is 0 Å². The van der Waals surface area contributed by atoms with Gasteiger partial charge >= 0.3 is 0 Å². The molecule has 74 valence electrons. The molecule has 3 rings (SSSR count). The van der Waals surface area contributed by atoms with Crippen molar-refractivity contribution in [3.8, 4) is 0 Å². The highest BCUT2D eigenvalue weighted by atomic mass is 32.2. The van der Waals surface area contributed by atoms with Gasteiger partial charge in [0, 0.05) is 10.5 Å². The van der Waals surface area contributed by atoms with Crippen molar-refractivity contribution in [2.75, 3.05) is 6.61 Å². The van der Waals surface area contributed by atoms with Gasteiger partial charge in [-0.25, -0.2) is 0 Å². The molecule has 2 bridgehead atoms. The number of hydrogen-bond acceptors (Lipinski definition) is 4. The Bertz CT molecular complexity index is 337. The highest BCUT2D eigenvalue weighted by Gasteiger charge is 2.62. The van der Waals surface area contributed by atoms with Gasteiger partial charge in [0.15, 0.2) is 0 Å². The first-order valence-electron chi connectivity index (χ1n) is 4.68. The Balaban J connectivity index is 2.07. The van der Waals surface area contributed by atoms with Crippen LogP contribution in [0.25, 0.3) is 0 Å². The van der Waals surface area contributed by atoms with E-state index in [-0.39, 0.29) is 0 Å². The van der Waals surface area contributed by atoms with E-state index in [0.29, 0.717) is 17.1 Å². The third-order valence-electron chi connectivity index (χ3n) is 3.53. The van der Waals surface area contributed by atoms with Gasteiger partial charge in [-0.1, -0.05) is 0 Å². The van der Waals surface area contributed by atoms with Gasteiger partial charge < -0.3 is 0 Å². The van der Waals surface area contributed by atoms with Crippen molar-refractivity contribution in [3.63, 3.8) is 0 Å². The van der Waals surface area contributed by atoms with Gasteiger partial charge in [-0.3, -0.25) is 4.18 Å². The van der Waals surface area contributed by atoms with Gasteiger partial charge in [0.1, 0.15) is 4.75 Å². The molecule has 0 amide bonds. The number of hydrogen-bond donors (Lipinski definition) is 0. The third kappa shape index (κ3) is 0.930. The van der Waals surface area contributed by atoms with Crippen LogP contribution in [0.1, 0.15) is 25.7 Å². The number of rotatable bonds is 0. The average molecular weight is 220 g/mol. The lowest BCUT2D eigenvalue weighted by atomic mass is 9.86. The molecule has 1 spiro atoms. The van der Waals surface area contributed by atoms with E-state index in [4.69, 9.17) is 4.18 Å². The minimum atomic E-state index is -3.24. The Morgan fingerprint density at radius 1 is 1.38 bits per heavy atom. The summed E-state index contributed by atoms with van der Waals surface area (Å²) in [5.41, 5.74) is 0. The van der Waals surface area contributed by atoms with Crippen LogP contribution in [0, 0.1) is 0 Å². The number of thioether (sulfide) groups is 1. The molecule has 3 heterocycles. The van der Waals surface area contributed by atoms with Gasteiger partial charge in [-0.15, -0.1) is 0 Å². The molecule has 0 aliphatic carbocycles. The molecule has 13 heavy (non-hydrogen) atoms. The lowest BCUT2D eigenvalue weighted by molar-refractivity contribution is 0.353. The second-order valence-electron chi connectivity index (χ2n) is 4.12. The lowest BCUT2D eigenvalue weighted by Crippen LogP contribution is -2.42. The summed E-state index contributed by atoms with van der Waals surface area (Å²) in [6.07, 6.45) is 3.83. The Kier molecular flexibility index (Phi) is 1.60. The van der Waals surface area contributed by atoms with E-state index in [0.717, 1.165) is 19.3 Å². The molecule has 0 aromatic carbocycles. The maximum Gasteiger partial charge on any atom is 0.274 e. The molecule has 0 N–H and O–H groups in total. The van der Waals surface area contributed by atoms with E-state index in [1.165, 1.54) is 6.42 Å². The summed E-state index contributed by atoms with van der Waals surface area (Å²) in [5, 5.41) is 0.909. The predicted octanol–water partition coefficient (Wildman–Crippen LogP) is 1.14. The molecule has 3 aliphatic rings. The topological polar surface area (TPSA) is 43.4 Å². The van der Waals surface area contributed by atoms with Gasteiger partial charge in [-0.2, -0.15) is 20.2 Å². The molecule has 3 aliphatic heterocycles. The molecule has 0 radical (unpaired) electrons. The molecule has 3 saturated heterocycles. The van der Waals surface area contributed by atoms with Gasteiger partial charge in [-0.05, 0) is 25.7 Å². The Morgan fingerprint density at radius 2 is 2.23 bits per heavy atom. The van der Waals surface area contributed by atoms with Crippen LogP contribution >= 0.6 is 11.8 Å². The van der Waals surface area contributed by atoms with Gasteiger partial charge in [0.05, 0.1) is 6.61 Å². The van der Waals surface area contributed by atoms with Crippen molar-refractivity contribution >= 4 is 21.9 Å². The standard InChI is InChI=1S/C8H12O3S2/c9-13(10)8(3-4-11-13)5-6-1-2-7(8)12-6/h6-7H,1-5H2. The Morgan fingerprint density at radius 3 is 2.69 bits per heavy atom. The van der Waals surface area contributed by atoms with Gasteiger partial charge in [0.2, 0.25) is 0 Å². The second-order valence-corrected chi connectivity index (χ2v) is 7.58. The normalized spacial score (nSPS) is 52.0. The zero-order valence-corrected chi connectivity index (χ0v) is 8.86. The first-order chi connectivity index (χ1) is 6.14. The summed E-state index contributed by atoms with van der Waals surface area (Å²) in [6.45, 7) is 0.409. The molecule has 0 aromatic heterocycles. The van der Waals surface area contributed by atoms with Gasteiger partial charge in [0.25, 0.3) is 10.1 Å². The fraction of sp³-hybridized carbons (Fsp3) is 1.00. The van der Waals surface area contributed by atoms with E-state index >= 15 is 0 Å². The Hall–Kier alpha value is 0.260. The average Bonchev–Trinajstić information content (AvgIpc) is 2.68. The SMILES string of the molecule is O=S1(=O)OCCC12CC1CCC2S1. The summed E-state index contributed by atoms with van der Waals surface area (Å²) in [7, 11) is -3.24. The van der Waals surface area contributed by atoms with Crippen LogP contribution in [0.5, 0.6) is 0 Å². The van der Waals surface area contributed by atoms with Crippen molar-refractivity contribution < 1.29 is 12.6 Å². The zero-order chi connectivity index (χ0) is 9.10. The predicted molar refractivity (Wildman–Crippen MR) is 51.2 cm³/mol. The van der Waals surface area contributed by atoms with Crippen LogP contribution in [0.2, 0.25) is 0 Å². The molecule has 0 aromatic rings.